The van der Waals surface area contributed by atoms with Crippen LogP contribution in [0.2, 0.25) is 0 Å². The summed E-state index contributed by atoms with van der Waals surface area (Å²) in [5.74, 6) is -0.796. The number of aromatic amines is 1. The van der Waals surface area contributed by atoms with E-state index >= 15 is 0 Å². The van der Waals surface area contributed by atoms with Gasteiger partial charge in [-0.1, -0.05) is 0 Å². The highest BCUT2D eigenvalue weighted by atomic mass is 35.7. The molecule has 1 saturated heterocycles. The molecule has 0 radical (unpaired) electrons. The average molecular weight is 309 g/mol. The maximum atomic E-state index is 11.9. The number of esters is 1. The summed E-state index contributed by atoms with van der Waals surface area (Å²) in [6.07, 6.45) is 0.875. The molecule has 0 saturated carbocycles. The molecular weight excluding hydrogens is 296 g/mol. The third kappa shape index (κ3) is 3.26. The van der Waals surface area contributed by atoms with Crippen molar-refractivity contribution in [2.24, 2.45) is 0 Å². The van der Waals surface area contributed by atoms with Gasteiger partial charge in [0.25, 0.3) is 9.05 Å². The van der Waals surface area contributed by atoms with Crippen LogP contribution in [-0.4, -0.2) is 43.9 Å². The van der Waals surface area contributed by atoms with Crippen LogP contribution in [0.4, 0.5) is 0 Å². The molecule has 1 fully saturated rings. The molecule has 2 heterocycles. The predicted octanol–water partition coefficient (Wildman–Crippen LogP) is 0.981. The lowest BCUT2D eigenvalue weighted by molar-refractivity contribution is -0.0166. The Labute approximate surface area is 114 Å². The third-order valence-corrected chi connectivity index (χ3v) is 4.22. The van der Waals surface area contributed by atoms with Crippen LogP contribution in [-0.2, 0) is 18.5 Å². The van der Waals surface area contributed by atoms with Gasteiger partial charge in [0, 0.05) is 23.5 Å². The molecule has 7 nitrogen and oxygen atoms in total. The lowest BCUT2D eigenvalue weighted by atomic mass is 10.1. The molecule has 0 amide bonds. The number of carbonyl (C=O) groups is 1. The average Bonchev–Trinajstić information content (AvgIpc) is 2.72. The minimum atomic E-state index is -4.05. The Kier molecular flexibility index (Phi) is 4.12. The molecule has 0 spiro atoms. The van der Waals surface area contributed by atoms with Crippen molar-refractivity contribution >= 4 is 25.7 Å². The normalized spacial score (nSPS) is 17.4. The summed E-state index contributed by atoms with van der Waals surface area (Å²) in [4.78, 5) is 11.6. The number of ether oxygens (including phenoxy) is 2. The summed E-state index contributed by atoms with van der Waals surface area (Å²) in [5.41, 5.74) is -0.104. The number of hydrogen-bond acceptors (Lipinski definition) is 6. The summed E-state index contributed by atoms with van der Waals surface area (Å²) in [5, 5.41) is 6.08. The van der Waals surface area contributed by atoms with E-state index in [9.17, 15) is 13.2 Å². The van der Waals surface area contributed by atoms with Crippen LogP contribution < -0.4 is 0 Å². The fraction of sp³-hybridized carbons (Fsp3) is 0.600. The zero-order chi connectivity index (χ0) is 14.0. The van der Waals surface area contributed by atoms with E-state index in [0.717, 1.165) is 0 Å². The second-order valence-electron chi connectivity index (χ2n) is 4.18. The number of halogens is 1. The van der Waals surface area contributed by atoms with E-state index in [1.54, 1.807) is 0 Å². The van der Waals surface area contributed by atoms with Crippen molar-refractivity contribution in [3.05, 3.63) is 11.4 Å². The number of hydrogen-bond donors (Lipinski definition) is 1. The van der Waals surface area contributed by atoms with Crippen LogP contribution in [0.15, 0.2) is 4.90 Å². The van der Waals surface area contributed by atoms with Gasteiger partial charge >= 0.3 is 5.97 Å². The molecule has 1 aromatic rings. The highest BCUT2D eigenvalue weighted by Gasteiger charge is 2.29. The van der Waals surface area contributed by atoms with E-state index in [0.29, 0.717) is 26.1 Å². The summed E-state index contributed by atoms with van der Waals surface area (Å²) < 4.78 is 33.2. The third-order valence-electron chi connectivity index (χ3n) is 2.77. The van der Waals surface area contributed by atoms with Crippen molar-refractivity contribution in [3.8, 4) is 0 Å². The summed E-state index contributed by atoms with van der Waals surface area (Å²) in [6, 6.07) is 0. The standard InChI is InChI=1S/C10H13ClN2O5S/c1-6-9(19(11,15)16)8(13-12-6)10(14)18-7-2-4-17-5-3-7/h7H,2-5H2,1H3,(H,12,13). The number of nitrogens with one attached hydrogen (secondary N) is 1. The Balaban J connectivity index is 2.20. The maximum Gasteiger partial charge on any atom is 0.360 e. The zero-order valence-electron chi connectivity index (χ0n) is 10.2. The largest absolute Gasteiger partial charge is 0.457 e. The van der Waals surface area contributed by atoms with Crippen LogP contribution in [0.25, 0.3) is 0 Å². The molecule has 1 aliphatic heterocycles. The quantitative estimate of drug-likeness (QED) is 0.660. The Morgan fingerprint density at radius 1 is 1.47 bits per heavy atom. The Bertz CT molecular complexity index is 577. The minimum Gasteiger partial charge on any atom is -0.457 e. The number of nitrogens with zero attached hydrogens (tertiary/aromatic N) is 1. The molecule has 1 aromatic heterocycles. The number of H-pyrrole nitrogens is 1. The van der Waals surface area contributed by atoms with E-state index in [1.165, 1.54) is 6.92 Å². The Morgan fingerprint density at radius 2 is 2.11 bits per heavy atom. The fourth-order valence-corrected chi connectivity index (χ4v) is 3.19. The summed E-state index contributed by atoms with van der Waals surface area (Å²) in [7, 11) is 1.23. The first kappa shape index (κ1) is 14.3. The van der Waals surface area contributed by atoms with Crippen LogP contribution in [0.1, 0.15) is 29.0 Å². The Hall–Kier alpha value is -1.12. The van der Waals surface area contributed by atoms with E-state index < -0.39 is 15.0 Å². The first-order chi connectivity index (χ1) is 8.89. The second-order valence-corrected chi connectivity index (χ2v) is 6.68. The smallest absolute Gasteiger partial charge is 0.360 e. The highest BCUT2D eigenvalue weighted by molar-refractivity contribution is 8.13. The number of aromatic nitrogens is 2. The Morgan fingerprint density at radius 3 is 2.68 bits per heavy atom. The molecule has 0 atom stereocenters. The molecular formula is C10H13ClN2O5S. The molecule has 2 rings (SSSR count). The maximum absolute atomic E-state index is 11.9. The van der Waals surface area contributed by atoms with E-state index in [4.69, 9.17) is 20.2 Å². The van der Waals surface area contributed by atoms with Gasteiger partial charge in [-0.25, -0.2) is 13.2 Å². The monoisotopic (exact) mass is 308 g/mol. The van der Waals surface area contributed by atoms with Gasteiger partial charge in [-0.15, -0.1) is 0 Å². The number of rotatable bonds is 3. The topological polar surface area (TPSA) is 98.3 Å². The van der Waals surface area contributed by atoms with Gasteiger partial charge in [-0.05, 0) is 6.92 Å². The molecule has 0 bridgehead atoms. The van der Waals surface area contributed by atoms with Crippen molar-refractivity contribution in [2.75, 3.05) is 13.2 Å². The molecule has 1 aliphatic rings. The van der Waals surface area contributed by atoms with Gasteiger partial charge in [-0.3, -0.25) is 5.10 Å². The molecule has 0 aliphatic carbocycles. The van der Waals surface area contributed by atoms with Gasteiger partial charge < -0.3 is 9.47 Å². The number of aryl methyl sites for hydroxylation is 1. The van der Waals surface area contributed by atoms with E-state index in [1.807, 2.05) is 0 Å². The first-order valence-electron chi connectivity index (χ1n) is 5.68. The zero-order valence-corrected chi connectivity index (χ0v) is 11.8. The molecule has 19 heavy (non-hydrogen) atoms. The molecule has 0 unspecified atom stereocenters. The molecule has 1 N–H and O–H groups in total. The van der Waals surface area contributed by atoms with Crippen LogP contribution in [0.5, 0.6) is 0 Å². The van der Waals surface area contributed by atoms with E-state index in [-0.39, 0.29) is 22.4 Å². The molecule has 9 heteroatoms. The number of carbonyl (C=O) groups excluding carboxylic acids is 1. The van der Waals surface area contributed by atoms with Gasteiger partial charge in [0.15, 0.2) is 5.69 Å². The van der Waals surface area contributed by atoms with Crippen molar-refractivity contribution in [1.29, 1.82) is 0 Å². The SMILES string of the molecule is Cc1[nH]nc(C(=O)OC2CCOCC2)c1S(=O)(=O)Cl. The lowest BCUT2D eigenvalue weighted by Crippen LogP contribution is -2.26. The first-order valence-corrected chi connectivity index (χ1v) is 7.99. The fourth-order valence-electron chi connectivity index (χ4n) is 1.86. The summed E-state index contributed by atoms with van der Waals surface area (Å²) >= 11 is 0. The molecule has 0 aromatic carbocycles. The second kappa shape index (κ2) is 5.48. The highest BCUT2D eigenvalue weighted by Crippen LogP contribution is 2.23. The lowest BCUT2D eigenvalue weighted by Gasteiger charge is -2.21. The van der Waals surface area contributed by atoms with Crippen molar-refractivity contribution < 1.29 is 22.7 Å². The van der Waals surface area contributed by atoms with Gasteiger partial charge in [0.1, 0.15) is 11.0 Å². The van der Waals surface area contributed by atoms with Gasteiger partial charge in [0.2, 0.25) is 0 Å². The minimum absolute atomic E-state index is 0.203. The predicted molar refractivity (Wildman–Crippen MR) is 65.6 cm³/mol. The van der Waals surface area contributed by atoms with Crippen molar-refractivity contribution in [1.82, 2.24) is 10.2 Å². The summed E-state index contributed by atoms with van der Waals surface area (Å²) in [6.45, 7) is 2.49. The van der Waals surface area contributed by atoms with Gasteiger partial charge in [0.05, 0.1) is 18.9 Å². The van der Waals surface area contributed by atoms with Crippen LogP contribution in [0.3, 0.4) is 0 Å². The van der Waals surface area contributed by atoms with Crippen molar-refractivity contribution in [2.45, 2.75) is 30.8 Å². The molecule has 106 valence electrons. The van der Waals surface area contributed by atoms with Crippen molar-refractivity contribution in [3.63, 3.8) is 0 Å². The van der Waals surface area contributed by atoms with E-state index in [2.05, 4.69) is 10.2 Å². The van der Waals surface area contributed by atoms with Gasteiger partial charge in [-0.2, -0.15) is 5.10 Å². The van der Waals surface area contributed by atoms with Crippen LogP contribution in [0, 0.1) is 6.92 Å². The van der Waals surface area contributed by atoms with Crippen LogP contribution >= 0.6 is 10.7 Å².